The van der Waals surface area contributed by atoms with Crippen molar-refractivity contribution in [3.05, 3.63) is 176 Å². The van der Waals surface area contributed by atoms with E-state index < -0.39 is 0 Å². The third-order valence-electron chi connectivity index (χ3n) is 11.0. The number of fused-ring (bicyclic) bond motifs is 12. The van der Waals surface area contributed by atoms with Gasteiger partial charge in [0.25, 0.3) is 0 Å². The Bertz CT molecular complexity index is 3320. The van der Waals surface area contributed by atoms with E-state index in [4.69, 9.17) is 0 Å². The lowest BCUT2D eigenvalue weighted by atomic mass is 10.1. The van der Waals surface area contributed by atoms with Gasteiger partial charge in [-0.15, -0.1) is 11.3 Å². The fourth-order valence-electron chi connectivity index (χ4n) is 8.95. The molecule has 0 amide bonds. The fourth-order valence-corrected chi connectivity index (χ4v) is 10.1. The molecular formula is C48H29N3S. The maximum absolute atomic E-state index is 2.50. The van der Waals surface area contributed by atoms with E-state index in [0.29, 0.717) is 0 Å². The fraction of sp³-hybridized carbons (Fsp3) is 0. The quantitative estimate of drug-likeness (QED) is 0.177. The van der Waals surface area contributed by atoms with Crippen molar-refractivity contribution in [2.45, 2.75) is 0 Å². The van der Waals surface area contributed by atoms with Crippen LogP contribution in [0.5, 0.6) is 0 Å². The van der Waals surface area contributed by atoms with E-state index in [9.17, 15) is 0 Å². The number of hydrogen-bond donors (Lipinski definition) is 0. The highest BCUT2D eigenvalue weighted by atomic mass is 32.1. The van der Waals surface area contributed by atoms with Crippen LogP contribution in [0.1, 0.15) is 0 Å². The SMILES string of the molecule is c1cc(-n2c3ccccc3c3ccccc32)c2c(c1)sc1cccc(-n3c4ccccc4c4cc(-n5c6ccccc6c6ccccc65)ccc43)c12. The van der Waals surface area contributed by atoms with Gasteiger partial charge in [-0.05, 0) is 72.8 Å². The zero-order chi connectivity index (χ0) is 33.9. The molecule has 4 heterocycles. The van der Waals surface area contributed by atoms with Gasteiger partial charge in [-0.1, -0.05) is 103 Å². The molecule has 0 aliphatic heterocycles. The van der Waals surface area contributed by atoms with Gasteiger partial charge < -0.3 is 13.7 Å². The molecular weight excluding hydrogens is 651 g/mol. The molecule has 0 fully saturated rings. The Morgan fingerprint density at radius 3 is 1.10 bits per heavy atom. The standard InChI is InChI=1S/C48H29N3S/c1-6-18-37-31(13-1)32-14-2-7-19-38(32)49(37)30-27-28-42-36(29-30)35-17-5-10-22-41(35)51(42)44-24-12-26-46-48(44)47-43(23-11-25-45(47)52-46)50-39-20-8-3-15-33(39)34-16-4-9-21-40(34)50/h1-29H. The molecule has 12 rings (SSSR count). The molecule has 0 atom stereocenters. The van der Waals surface area contributed by atoms with Crippen LogP contribution < -0.4 is 0 Å². The summed E-state index contributed by atoms with van der Waals surface area (Å²) in [6.45, 7) is 0. The van der Waals surface area contributed by atoms with E-state index >= 15 is 0 Å². The van der Waals surface area contributed by atoms with Gasteiger partial charge in [-0.2, -0.15) is 0 Å². The van der Waals surface area contributed by atoms with Crippen molar-refractivity contribution in [2.75, 3.05) is 0 Å². The Morgan fingerprint density at radius 2 is 0.654 bits per heavy atom. The Balaban J connectivity index is 1.17. The summed E-state index contributed by atoms with van der Waals surface area (Å²) in [5.74, 6) is 0. The molecule has 0 bridgehead atoms. The third kappa shape index (κ3) is 3.69. The van der Waals surface area contributed by atoms with Crippen LogP contribution in [0.15, 0.2) is 176 Å². The van der Waals surface area contributed by atoms with Crippen LogP contribution in [0.4, 0.5) is 0 Å². The van der Waals surface area contributed by atoms with Gasteiger partial charge in [-0.25, -0.2) is 0 Å². The minimum Gasteiger partial charge on any atom is -0.309 e. The summed E-state index contributed by atoms with van der Waals surface area (Å²) in [6, 6.07) is 64.6. The molecule has 0 saturated heterocycles. The molecule has 4 heteroatoms. The number of thiophene rings is 1. The molecule has 12 aromatic rings. The summed E-state index contributed by atoms with van der Waals surface area (Å²) in [5, 5.41) is 10.2. The summed E-state index contributed by atoms with van der Waals surface area (Å²) in [6.07, 6.45) is 0. The van der Waals surface area contributed by atoms with E-state index in [1.165, 1.54) is 103 Å². The van der Waals surface area contributed by atoms with Gasteiger partial charge in [0.2, 0.25) is 0 Å². The van der Waals surface area contributed by atoms with Crippen LogP contribution in [-0.2, 0) is 0 Å². The predicted molar refractivity (Wildman–Crippen MR) is 222 cm³/mol. The van der Waals surface area contributed by atoms with Crippen LogP contribution in [-0.4, -0.2) is 13.7 Å². The van der Waals surface area contributed by atoms with Crippen LogP contribution in [0.3, 0.4) is 0 Å². The number of aromatic nitrogens is 3. The Kier molecular flexibility index (Phi) is 5.65. The number of para-hydroxylation sites is 5. The zero-order valence-corrected chi connectivity index (χ0v) is 28.8. The van der Waals surface area contributed by atoms with Crippen molar-refractivity contribution in [3.8, 4) is 17.1 Å². The highest BCUT2D eigenvalue weighted by molar-refractivity contribution is 7.26. The largest absolute Gasteiger partial charge is 0.309 e. The summed E-state index contributed by atoms with van der Waals surface area (Å²) in [7, 11) is 0. The van der Waals surface area contributed by atoms with Crippen molar-refractivity contribution >= 4 is 96.9 Å². The first-order chi connectivity index (χ1) is 25.8. The molecule has 8 aromatic carbocycles. The second-order valence-corrected chi connectivity index (χ2v) is 14.8. The van der Waals surface area contributed by atoms with Crippen molar-refractivity contribution in [1.82, 2.24) is 13.7 Å². The number of rotatable bonds is 3. The molecule has 0 radical (unpaired) electrons. The molecule has 0 aliphatic rings. The van der Waals surface area contributed by atoms with E-state index in [1.54, 1.807) is 0 Å². The summed E-state index contributed by atoms with van der Waals surface area (Å²) >= 11 is 1.88. The average Bonchev–Trinajstić information content (AvgIpc) is 3.94. The van der Waals surface area contributed by atoms with Crippen LogP contribution in [0.2, 0.25) is 0 Å². The van der Waals surface area contributed by atoms with Gasteiger partial charge in [-0.3, -0.25) is 0 Å². The lowest BCUT2D eigenvalue weighted by Crippen LogP contribution is -1.98. The monoisotopic (exact) mass is 679 g/mol. The first-order valence-electron chi connectivity index (χ1n) is 17.8. The number of hydrogen-bond acceptors (Lipinski definition) is 1. The second-order valence-electron chi connectivity index (χ2n) is 13.7. The molecule has 0 spiro atoms. The topological polar surface area (TPSA) is 14.8 Å². The highest BCUT2D eigenvalue weighted by Gasteiger charge is 2.21. The van der Waals surface area contributed by atoms with Gasteiger partial charge >= 0.3 is 0 Å². The van der Waals surface area contributed by atoms with E-state index in [-0.39, 0.29) is 0 Å². The van der Waals surface area contributed by atoms with Crippen LogP contribution in [0, 0.1) is 0 Å². The van der Waals surface area contributed by atoms with E-state index in [2.05, 4.69) is 190 Å². The molecule has 52 heavy (non-hydrogen) atoms. The van der Waals surface area contributed by atoms with Crippen LogP contribution in [0.25, 0.3) is 103 Å². The van der Waals surface area contributed by atoms with Gasteiger partial charge in [0.1, 0.15) is 0 Å². The first-order valence-corrected chi connectivity index (χ1v) is 18.6. The molecule has 0 aliphatic carbocycles. The maximum Gasteiger partial charge on any atom is 0.0556 e. The minimum absolute atomic E-state index is 1.17. The zero-order valence-electron chi connectivity index (χ0n) is 28.0. The molecule has 4 aromatic heterocycles. The van der Waals surface area contributed by atoms with Crippen molar-refractivity contribution in [2.24, 2.45) is 0 Å². The lowest BCUT2D eigenvalue weighted by Gasteiger charge is -2.14. The van der Waals surface area contributed by atoms with Crippen molar-refractivity contribution in [3.63, 3.8) is 0 Å². The highest BCUT2D eigenvalue weighted by Crippen LogP contribution is 2.45. The van der Waals surface area contributed by atoms with Crippen LogP contribution >= 0.6 is 11.3 Å². The second kappa shape index (κ2) is 10.5. The van der Waals surface area contributed by atoms with Gasteiger partial charge in [0, 0.05) is 58.2 Å². The third-order valence-corrected chi connectivity index (χ3v) is 12.2. The van der Waals surface area contributed by atoms with Gasteiger partial charge in [0.05, 0.1) is 44.5 Å². The van der Waals surface area contributed by atoms with Crippen molar-refractivity contribution in [1.29, 1.82) is 0 Å². The molecule has 0 unspecified atom stereocenters. The molecule has 3 nitrogen and oxygen atoms in total. The first kappa shape index (κ1) is 28.1. The summed E-state index contributed by atoms with van der Waals surface area (Å²) in [5.41, 5.74) is 10.9. The number of benzene rings is 8. The maximum atomic E-state index is 2.50. The van der Waals surface area contributed by atoms with E-state index in [1.807, 2.05) is 11.3 Å². The average molecular weight is 680 g/mol. The molecule has 242 valence electrons. The summed E-state index contributed by atoms with van der Waals surface area (Å²) in [4.78, 5) is 0. The molecule has 0 saturated carbocycles. The van der Waals surface area contributed by atoms with E-state index in [0.717, 1.165) is 0 Å². The van der Waals surface area contributed by atoms with Gasteiger partial charge in [0.15, 0.2) is 0 Å². The normalized spacial score (nSPS) is 12.2. The Hall–Kier alpha value is -6.62. The summed E-state index contributed by atoms with van der Waals surface area (Å²) < 4.78 is 9.96. The predicted octanol–water partition coefficient (Wildman–Crippen LogP) is 13.3. The Morgan fingerprint density at radius 1 is 0.288 bits per heavy atom. The smallest absolute Gasteiger partial charge is 0.0556 e. The lowest BCUT2D eigenvalue weighted by molar-refractivity contribution is 1.17. The molecule has 0 N–H and O–H groups in total. The number of nitrogens with zero attached hydrogens (tertiary/aromatic N) is 3. The Labute approximate surface area is 302 Å². The minimum atomic E-state index is 1.17. The van der Waals surface area contributed by atoms with Crippen molar-refractivity contribution < 1.29 is 0 Å².